The van der Waals surface area contributed by atoms with E-state index in [1.165, 1.54) is 12.1 Å². The van der Waals surface area contributed by atoms with Crippen LogP contribution in [-0.2, 0) is 6.42 Å². The van der Waals surface area contributed by atoms with E-state index in [0.29, 0.717) is 6.42 Å². The molecule has 0 aliphatic heterocycles. The number of halogens is 3. The van der Waals surface area contributed by atoms with Crippen LogP contribution in [0.4, 0.5) is 4.39 Å². The lowest BCUT2D eigenvalue weighted by molar-refractivity contribution is 0.622. The fourth-order valence-electron chi connectivity index (χ4n) is 1.82. The molecule has 0 aliphatic rings. The minimum absolute atomic E-state index is 0.0237. The van der Waals surface area contributed by atoms with E-state index in [1.807, 2.05) is 30.3 Å². The number of thioether (sulfide) groups is 1. The van der Waals surface area contributed by atoms with Crippen molar-refractivity contribution in [3.05, 3.63) is 63.3 Å². The van der Waals surface area contributed by atoms with Crippen molar-refractivity contribution >= 4 is 39.3 Å². The summed E-state index contributed by atoms with van der Waals surface area (Å²) >= 11 is 10.8. The first-order valence-electron chi connectivity index (χ1n) is 6.12. The maximum Gasteiger partial charge on any atom is 0.124 e. The van der Waals surface area contributed by atoms with Gasteiger partial charge in [0.05, 0.1) is 0 Å². The molecule has 2 aromatic carbocycles. The van der Waals surface area contributed by atoms with Gasteiger partial charge in [0.1, 0.15) is 5.82 Å². The van der Waals surface area contributed by atoms with E-state index in [4.69, 9.17) is 17.3 Å². The molecular formula is C15H14BrClFNS. The van der Waals surface area contributed by atoms with E-state index >= 15 is 0 Å². The second-order valence-corrected chi connectivity index (χ2v) is 6.95. The summed E-state index contributed by atoms with van der Waals surface area (Å²) in [6, 6.07) is 12.5. The normalized spacial score (nSPS) is 12.4. The molecule has 0 amide bonds. The average Bonchev–Trinajstić information content (AvgIpc) is 2.37. The van der Waals surface area contributed by atoms with Crippen LogP contribution in [0.1, 0.15) is 5.56 Å². The van der Waals surface area contributed by atoms with Gasteiger partial charge in [-0.05, 0) is 54.4 Å². The molecule has 0 spiro atoms. The summed E-state index contributed by atoms with van der Waals surface area (Å²) in [5, 5.41) is 0.725. The Balaban J connectivity index is 1.88. The van der Waals surface area contributed by atoms with Crippen LogP contribution in [0.15, 0.2) is 51.8 Å². The number of hydrogen-bond acceptors (Lipinski definition) is 2. The van der Waals surface area contributed by atoms with Gasteiger partial charge in [0.2, 0.25) is 0 Å². The van der Waals surface area contributed by atoms with Crippen molar-refractivity contribution in [1.29, 1.82) is 0 Å². The van der Waals surface area contributed by atoms with Crippen molar-refractivity contribution in [3.63, 3.8) is 0 Å². The van der Waals surface area contributed by atoms with Crippen LogP contribution in [-0.4, -0.2) is 11.8 Å². The van der Waals surface area contributed by atoms with Gasteiger partial charge < -0.3 is 5.73 Å². The molecule has 0 bridgehead atoms. The molecule has 1 unspecified atom stereocenters. The third-order valence-electron chi connectivity index (χ3n) is 2.70. The molecular weight excluding hydrogens is 361 g/mol. The Morgan fingerprint density at radius 2 is 1.90 bits per heavy atom. The zero-order valence-corrected chi connectivity index (χ0v) is 13.8. The van der Waals surface area contributed by atoms with Gasteiger partial charge in [0, 0.05) is 26.2 Å². The van der Waals surface area contributed by atoms with Crippen LogP contribution in [0.3, 0.4) is 0 Å². The molecule has 0 saturated heterocycles. The van der Waals surface area contributed by atoms with Gasteiger partial charge in [-0.3, -0.25) is 0 Å². The highest BCUT2D eigenvalue weighted by molar-refractivity contribution is 9.10. The minimum Gasteiger partial charge on any atom is -0.327 e. The number of hydrogen-bond donors (Lipinski definition) is 1. The van der Waals surface area contributed by atoms with Gasteiger partial charge in [0.15, 0.2) is 0 Å². The third kappa shape index (κ3) is 5.09. The summed E-state index contributed by atoms with van der Waals surface area (Å²) < 4.78 is 14.0. The molecule has 0 radical (unpaired) electrons. The quantitative estimate of drug-likeness (QED) is 0.753. The van der Waals surface area contributed by atoms with E-state index in [0.717, 1.165) is 25.7 Å². The fourth-order valence-corrected chi connectivity index (χ4v) is 3.32. The first-order valence-corrected chi connectivity index (χ1v) is 8.27. The summed E-state index contributed by atoms with van der Waals surface area (Å²) in [5.74, 6) is 0.530. The molecule has 0 heterocycles. The molecule has 0 saturated carbocycles. The van der Waals surface area contributed by atoms with Gasteiger partial charge in [-0.1, -0.05) is 27.5 Å². The first kappa shape index (κ1) is 15.8. The van der Waals surface area contributed by atoms with Crippen LogP contribution in [0, 0.1) is 5.82 Å². The van der Waals surface area contributed by atoms with Crippen LogP contribution >= 0.6 is 39.3 Å². The summed E-state index contributed by atoms with van der Waals surface area (Å²) in [6.07, 6.45) is 0.650. The van der Waals surface area contributed by atoms with Crippen molar-refractivity contribution in [1.82, 2.24) is 0 Å². The average molecular weight is 375 g/mol. The molecule has 5 heteroatoms. The molecule has 2 N–H and O–H groups in total. The Morgan fingerprint density at radius 1 is 1.20 bits per heavy atom. The van der Waals surface area contributed by atoms with Crippen LogP contribution in [0.25, 0.3) is 0 Å². The molecule has 1 atom stereocenters. The Kier molecular flexibility index (Phi) is 5.90. The Bertz CT molecular complexity index is 556. The summed E-state index contributed by atoms with van der Waals surface area (Å²) in [4.78, 5) is 1.13. The molecule has 106 valence electrons. The number of nitrogens with two attached hydrogens (primary N) is 1. The Labute approximate surface area is 135 Å². The largest absolute Gasteiger partial charge is 0.327 e. The number of benzene rings is 2. The monoisotopic (exact) mass is 373 g/mol. The Hall–Kier alpha value is -0.550. The highest BCUT2D eigenvalue weighted by atomic mass is 79.9. The van der Waals surface area contributed by atoms with Crippen LogP contribution in [0.2, 0.25) is 5.02 Å². The predicted molar refractivity (Wildman–Crippen MR) is 88.0 cm³/mol. The lowest BCUT2D eigenvalue weighted by Crippen LogP contribution is -2.25. The predicted octanol–water partition coefficient (Wildman–Crippen LogP) is 4.90. The fraction of sp³-hybridized carbons (Fsp3) is 0.200. The molecule has 2 aromatic rings. The number of rotatable bonds is 5. The van der Waals surface area contributed by atoms with E-state index in [9.17, 15) is 4.39 Å². The van der Waals surface area contributed by atoms with E-state index in [2.05, 4.69) is 15.9 Å². The van der Waals surface area contributed by atoms with Gasteiger partial charge >= 0.3 is 0 Å². The first-order chi connectivity index (χ1) is 9.52. The zero-order valence-electron chi connectivity index (χ0n) is 10.7. The van der Waals surface area contributed by atoms with E-state index < -0.39 is 0 Å². The van der Waals surface area contributed by atoms with Crippen molar-refractivity contribution in [3.8, 4) is 0 Å². The van der Waals surface area contributed by atoms with Crippen LogP contribution in [0.5, 0.6) is 0 Å². The molecule has 0 aliphatic carbocycles. The van der Waals surface area contributed by atoms with Gasteiger partial charge in [-0.25, -0.2) is 4.39 Å². The van der Waals surface area contributed by atoms with Crippen molar-refractivity contribution in [2.75, 3.05) is 5.75 Å². The third-order valence-corrected chi connectivity index (χ3v) is 4.61. The highest BCUT2D eigenvalue weighted by Gasteiger charge is 2.07. The maximum atomic E-state index is 13.3. The SMILES string of the molecule is NC(CSc1ccc(Cl)cc1)Cc1cc(F)cc(Br)c1. The lowest BCUT2D eigenvalue weighted by Gasteiger charge is -2.12. The zero-order chi connectivity index (χ0) is 14.5. The van der Waals surface area contributed by atoms with Gasteiger partial charge in [0.25, 0.3) is 0 Å². The summed E-state index contributed by atoms with van der Waals surface area (Å²) in [7, 11) is 0. The second kappa shape index (κ2) is 7.46. The maximum absolute atomic E-state index is 13.3. The lowest BCUT2D eigenvalue weighted by atomic mass is 10.1. The molecule has 2 rings (SSSR count). The summed E-state index contributed by atoms with van der Waals surface area (Å²) in [6.45, 7) is 0. The minimum atomic E-state index is -0.244. The second-order valence-electron chi connectivity index (χ2n) is 4.51. The van der Waals surface area contributed by atoms with Crippen molar-refractivity contribution < 1.29 is 4.39 Å². The molecule has 0 fully saturated rings. The standard InChI is InChI=1S/C15H14BrClFNS/c16-11-5-10(6-13(18)8-11)7-14(19)9-20-15-3-1-12(17)2-4-15/h1-6,8,14H,7,9,19H2. The van der Waals surface area contributed by atoms with E-state index in [1.54, 1.807) is 11.8 Å². The molecule has 1 nitrogen and oxygen atoms in total. The van der Waals surface area contributed by atoms with Gasteiger partial charge in [-0.15, -0.1) is 11.8 Å². The highest BCUT2D eigenvalue weighted by Crippen LogP contribution is 2.22. The Morgan fingerprint density at radius 3 is 2.55 bits per heavy atom. The topological polar surface area (TPSA) is 26.0 Å². The van der Waals surface area contributed by atoms with Gasteiger partial charge in [-0.2, -0.15) is 0 Å². The smallest absolute Gasteiger partial charge is 0.124 e. The summed E-state index contributed by atoms with van der Waals surface area (Å²) in [5.41, 5.74) is 7.00. The van der Waals surface area contributed by atoms with Crippen molar-refractivity contribution in [2.45, 2.75) is 17.4 Å². The molecule has 20 heavy (non-hydrogen) atoms. The van der Waals surface area contributed by atoms with E-state index in [-0.39, 0.29) is 11.9 Å². The van der Waals surface area contributed by atoms with Crippen LogP contribution < -0.4 is 5.73 Å². The van der Waals surface area contributed by atoms with Crippen molar-refractivity contribution in [2.24, 2.45) is 5.73 Å². The molecule has 0 aromatic heterocycles.